The van der Waals surface area contributed by atoms with Crippen LogP contribution in [-0.2, 0) is 0 Å². The Morgan fingerprint density at radius 3 is 2.92 bits per heavy atom. The number of nitrogens with zero attached hydrogens (tertiary/aromatic N) is 2. The van der Waals surface area contributed by atoms with E-state index in [2.05, 4.69) is 21.8 Å². The summed E-state index contributed by atoms with van der Waals surface area (Å²) in [7, 11) is 0. The lowest BCUT2D eigenvalue weighted by molar-refractivity contribution is 0.0740. The van der Waals surface area contributed by atoms with Crippen LogP contribution in [0.1, 0.15) is 45.6 Å². The Morgan fingerprint density at radius 2 is 2.21 bits per heavy atom. The van der Waals surface area contributed by atoms with Crippen molar-refractivity contribution in [3.8, 4) is 10.8 Å². The van der Waals surface area contributed by atoms with Gasteiger partial charge in [-0.25, -0.2) is 4.98 Å². The summed E-state index contributed by atoms with van der Waals surface area (Å²) in [6.07, 6.45) is 2.08. The van der Waals surface area contributed by atoms with E-state index in [-0.39, 0.29) is 11.9 Å². The monoisotopic (exact) mass is 358 g/mol. The average molecular weight is 358 g/mol. The lowest BCUT2D eigenvalue weighted by Gasteiger charge is -2.23. The van der Waals surface area contributed by atoms with E-state index < -0.39 is 0 Å². The number of carbonyl (C=O) groups excluding carboxylic acids is 1. The number of carbonyl (C=O) groups is 1. The largest absolute Gasteiger partial charge is 0.459 e. The van der Waals surface area contributed by atoms with E-state index in [9.17, 15) is 4.79 Å². The molecule has 0 saturated carbocycles. The minimum atomic E-state index is 0.0910. The number of hydrogen-bond acceptors (Lipinski definition) is 5. The molecule has 24 heavy (non-hydrogen) atoms. The van der Waals surface area contributed by atoms with Gasteiger partial charge in [0.1, 0.15) is 10.6 Å². The highest BCUT2D eigenvalue weighted by Crippen LogP contribution is 2.37. The van der Waals surface area contributed by atoms with Crippen LogP contribution in [0.25, 0.3) is 10.8 Å². The summed E-state index contributed by atoms with van der Waals surface area (Å²) in [6, 6.07) is 6.14. The minimum absolute atomic E-state index is 0.0910. The molecule has 0 aliphatic carbocycles. The van der Waals surface area contributed by atoms with Crippen molar-refractivity contribution in [2.75, 3.05) is 6.54 Å². The Kier molecular flexibility index (Phi) is 4.02. The fourth-order valence-corrected chi connectivity index (χ4v) is 4.89. The lowest BCUT2D eigenvalue weighted by atomic mass is 10.1. The van der Waals surface area contributed by atoms with Crippen LogP contribution in [0.3, 0.4) is 0 Å². The Bertz CT molecular complexity index is 864. The molecule has 1 unspecified atom stereocenters. The van der Waals surface area contributed by atoms with Gasteiger partial charge in [-0.15, -0.1) is 11.3 Å². The molecule has 1 fully saturated rings. The fraction of sp³-hybridized carbons (Fsp3) is 0.333. The second-order valence-corrected chi connectivity index (χ2v) is 7.84. The highest BCUT2D eigenvalue weighted by atomic mass is 32.1. The standard InChI is InChI=1S/C18H18N2O2S2/c1-11-5-6-15(22-11)17-19-12(2)16(24-17)18(21)20-8-3-4-14(20)13-7-9-23-10-13/h5-7,9-10,14H,3-4,8H2,1-2H3. The first-order chi connectivity index (χ1) is 11.6. The summed E-state index contributed by atoms with van der Waals surface area (Å²) in [6.45, 7) is 4.62. The lowest BCUT2D eigenvalue weighted by Crippen LogP contribution is -2.30. The molecule has 1 atom stereocenters. The summed E-state index contributed by atoms with van der Waals surface area (Å²) in [5.74, 6) is 1.67. The zero-order valence-corrected chi connectivity index (χ0v) is 15.2. The number of amides is 1. The van der Waals surface area contributed by atoms with E-state index in [1.807, 2.05) is 30.9 Å². The van der Waals surface area contributed by atoms with Crippen LogP contribution < -0.4 is 0 Å². The van der Waals surface area contributed by atoms with Crippen LogP contribution in [0.5, 0.6) is 0 Å². The van der Waals surface area contributed by atoms with Gasteiger partial charge in [0.2, 0.25) is 0 Å². The van der Waals surface area contributed by atoms with Gasteiger partial charge in [-0.2, -0.15) is 11.3 Å². The highest BCUT2D eigenvalue weighted by molar-refractivity contribution is 7.17. The number of aromatic nitrogens is 1. The van der Waals surface area contributed by atoms with Crippen LogP contribution in [-0.4, -0.2) is 22.3 Å². The van der Waals surface area contributed by atoms with Crippen LogP contribution in [0.4, 0.5) is 0 Å². The molecular formula is C18H18N2O2S2. The molecule has 0 bridgehead atoms. The molecule has 4 nitrogen and oxygen atoms in total. The van der Waals surface area contributed by atoms with E-state index in [1.54, 1.807) is 11.3 Å². The molecular weight excluding hydrogens is 340 g/mol. The minimum Gasteiger partial charge on any atom is -0.459 e. The van der Waals surface area contributed by atoms with Crippen molar-refractivity contribution in [2.24, 2.45) is 0 Å². The van der Waals surface area contributed by atoms with Crippen LogP contribution >= 0.6 is 22.7 Å². The highest BCUT2D eigenvalue weighted by Gasteiger charge is 2.33. The molecule has 4 heterocycles. The molecule has 6 heteroatoms. The van der Waals surface area contributed by atoms with E-state index in [4.69, 9.17) is 4.42 Å². The maximum absolute atomic E-state index is 13.1. The van der Waals surface area contributed by atoms with Crippen LogP contribution in [0, 0.1) is 13.8 Å². The second-order valence-electron chi connectivity index (χ2n) is 6.06. The number of hydrogen-bond donors (Lipinski definition) is 0. The van der Waals surface area contributed by atoms with Gasteiger partial charge >= 0.3 is 0 Å². The number of thiophene rings is 1. The fourth-order valence-electron chi connectivity index (χ4n) is 3.20. The van der Waals surface area contributed by atoms with Gasteiger partial charge in [-0.05, 0) is 61.2 Å². The summed E-state index contributed by atoms with van der Waals surface area (Å²) in [4.78, 5) is 20.4. The molecule has 1 amide bonds. The van der Waals surface area contributed by atoms with Crippen molar-refractivity contribution in [3.05, 3.63) is 50.9 Å². The average Bonchev–Trinajstić information content (AvgIpc) is 3.33. The third-order valence-corrected chi connectivity index (χ3v) is 6.25. The van der Waals surface area contributed by atoms with E-state index in [0.717, 1.165) is 46.5 Å². The number of aryl methyl sites for hydroxylation is 2. The maximum Gasteiger partial charge on any atom is 0.266 e. The van der Waals surface area contributed by atoms with Gasteiger partial charge in [0.25, 0.3) is 5.91 Å². The topological polar surface area (TPSA) is 46.3 Å². The Morgan fingerprint density at radius 1 is 1.33 bits per heavy atom. The normalized spacial score (nSPS) is 17.6. The quantitative estimate of drug-likeness (QED) is 0.657. The van der Waals surface area contributed by atoms with E-state index in [0.29, 0.717) is 0 Å². The number of rotatable bonds is 3. The maximum atomic E-state index is 13.1. The van der Waals surface area contributed by atoms with Gasteiger partial charge in [0, 0.05) is 6.54 Å². The molecule has 3 aromatic heterocycles. The number of likely N-dealkylation sites (tertiary alicyclic amines) is 1. The molecule has 0 spiro atoms. The predicted octanol–water partition coefficient (Wildman–Crippen LogP) is 5.06. The third-order valence-electron chi connectivity index (χ3n) is 4.38. The molecule has 1 aliphatic heterocycles. The Labute approximate surface area is 148 Å². The van der Waals surface area contributed by atoms with Gasteiger partial charge in [-0.1, -0.05) is 0 Å². The van der Waals surface area contributed by atoms with Crippen molar-refractivity contribution in [2.45, 2.75) is 32.7 Å². The smallest absolute Gasteiger partial charge is 0.266 e. The van der Waals surface area contributed by atoms with Gasteiger partial charge in [0.05, 0.1) is 11.7 Å². The Hall–Kier alpha value is -1.92. The summed E-state index contributed by atoms with van der Waals surface area (Å²) in [5, 5.41) is 4.99. The number of thiazole rings is 1. The van der Waals surface area contributed by atoms with Crippen molar-refractivity contribution in [1.29, 1.82) is 0 Å². The summed E-state index contributed by atoms with van der Waals surface area (Å²) >= 11 is 3.11. The first-order valence-electron chi connectivity index (χ1n) is 8.01. The van der Waals surface area contributed by atoms with Crippen molar-refractivity contribution >= 4 is 28.6 Å². The molecule has 4 rings (SSSR count). The first kappa shape index (κ1) is 15.6. The first-order valence-corrected chi connectivity index (χ1v) is 9.76. The molecule has 1 aliphatic rings. The van der Waals surface area contributed by atoms with Gasteiger partial charge in [0.15, 0.2) is 10.8 Å². The molecule has 124 valence electrons. The molecule has 0 radical (unpaired) electrons. The summed E-state index contributed by atoms with van der Waals surface area (Å²) in [5.41, 5.74) is 2.03. The van der Waals surface area contributed by atoms with Gasteiger partial charge in [-0.3, -0.25) is 4.79 Å². The molecule has 0 N–H and O–H groups in total. The molecule has 3 aromatic rings. The van der Waals surface area contributed by atoms with Crippen molar-refractivity contribution < 1.29 is 9.21 Å². The Balaban J connectivity index is 1.64. The zero-order chi connectivity index (χ0) is 16.7. The number of furan rings is 1. The molecule has 0 aromatic carbocycles. The zero-order valence-electron chi connectivity index (χ0n) is 13.6. The SMILES string of the molecule is Cc1ccc(-c2nc(C)c(C(=O)N3CCCC3c3ccsc3)s2)o1. The van der Waals surface area contributed by atoms with Crippen LogP contribution in [0.15, 0.2) is 33.4 Å². The summed E-state index contributed by atoms with van der Waals surface area (Å²) < 4.78 is 5.65. The third kappa shape index (κ3) is 2.70. The van der Waals surface area contributed by atoms with E-state index >= 15 is 0 Å². The predicted molar refractivity (Wildman–Crippen MR) is 96.6 cm³/mol. The van der Waals surface area contributed by atoms with Crippen LogP contribution in [0.2, 0.25) is 0 Å². The van der Waals surface area contributed by atoms with E-state index in [1.165, 1.54) is 16.9 Å². The van der Waals surface area contributed by atoms with Crippen molar-refractivity contribution in [1.82, 2.24) is 9.88 Å². The van der Waals surface area contributed by atoms with Crippen molar-refractivity contribution in [3.63, 3.8) is 0 Å². The molecule has 1 saturated heterocycles. The van der Waals surface area contributed by atoms with Gasteiger partial charge < -0.3 is 9.32 Å². The second kappa shape index (κ2) is 6.18.